The molecular formula is C18H18FN5O. The van der Waals surface area contributed by atoms with Crippen molar-refractivity contribution in [2.45, 2.75) is 12.0 Å². The average molecular weight is 339 g/mol. The minimum absolute atomic E-state index is 0.292. The normalized spacial score (nSPS) is 19.3. The third kappa shape index (κ3) is 3.38. The maximum Gasteiger partial charge on any atom is 0.179 e. The Kier molecular flexibility index (Phi) is 4.52. The van der Waals surface area contributed by atoms with Crippen LogP contribution in [0.1, 0.15) is 6.42 Å². The van der Waals surface area contributed by atoms with Gasteiger partial charge >= 0.3 is 0 Å². The van der Waals surface area contributed by atoms with Crippen LogP contribution in [0, 0.1) is 17.3 Å². The molecule has 128 valence electrons. The molecule has 2 heterocycles. The number of rotatable bonds is 5. The summed E-state index contributed by atoms with van der Waals surface area (Å²) >= 11 is 0. The Hall–Kier alpha value is -3.14. The topological polar surface area (TPSA) is 81.1 Å². The van der Waals surface area contributed by atoms with Crippen LogP contribution in [0.5, 0.6) is 0 Å². The molecule has 1 saturated heterocycles. The van der Waals surface area contributed by atoms with Gasteiger partial charge in [0.15, 0.2) is 6.19 Å². The molecule has 0 unspecified atom stereocenters. The van der Waals surface area contributed by atoms with Gasteiger partial charge in [0, 0.05) is 25.4 Å². The summed E-state index contributed by atoms with van der Waals surface area (Å²) in [6.07, 6.45) is 5.13. The summed E-state index contributed by atoms with van der Waals surface area (Å²) in [5.74, 6) is 0.250. The summed E-state index contributed by atoms with van der Waals surface area (Å²) in [5, 5.41) is 15.3. The van der Waals surface area contributed by atoms with Crippen LogP contribution >= 0.6 is 0 Å². The molecule has 1 aliphatic heterocycles. The molecule has 1 aromatic heterocycles. The predicted octanol–water partition coefficient (Wildman–Crippen LogP) is 2.47. The Bertz CT molecular complexity index is 817. The van der Waals surface area contributed by atoms with E-state index in [4.69, 9.17) is 5.26 Å². The quantitative estimate of drug-likeness (QED) is 0.643. The van der Waals surface area contributed by atoms with Gasteiger partial charge in [-0.05, 0) is 30.2 Å². The average Bonchev–Trinajstić information content (AvgIpc) is 3.06. The molecular weight excluding hydrogens is 321 g/mol. The number of hydrogen-bond donors (Lipinski definition) is 2. The highest BCUT2D eigenvalue weighted by molar-refractivity contribution is 5.78. The number of hydrogen-bond acceptors (Lipinski definition) is 6. The predicted molar refractivity (Wildman–Crippen MR) is 93.4 cm³/mol. The van der Waals surface area contributed by atoms with E-state index in [9.17, 15) is 9.18 Å². The van der Waals surface area contributed by atoms with E-state index in [-0.39, 0.29) is 5.82 Å². The maximum atomic E-state index is 13.1. The van der Waals surface area contributed by atoms with Crippen LogP contribution in [0.15, 0.2) is 36.5 Å². The number of carbonyl (C=O) groups excluding carboxylic acids is 1. The van der Waals surface area contributed by atoms with Crippen LogP contribution < -0.4 is 10.6 Å². The first kappa shape index (κ1) is 16.7. The third-order valence-electron chi connectivity index (χ3n) is 4.37. The monoisotopic (exact) mass is 339 g/mol. The van der Waals surface area contributed by atoms with E-state index in [1.165, 1.54) is 12.1 Å². The number of likely N-dealkylation sites (tertiary alicyclic amines) is 1. The number of carbonyl (C=O) groups is 1. The Labute approximate surface area is 145 Å². The van der Waals surface area contributed by atoms with Crippen molar-refractivity contribution in [1.29, 1.82) is 5.26 Å². The molecule has 3 rings (SSSR count). The Balaban J connectivity index is 1.89. The van der Waals surface area contributed by atoms with Gasteiger partial charge in [0.2, 0.25) is 0 Å². The van der Waals surface area contributed by atoms with Crippen molar-refractivity contribution in [3.8, 4) is 17.3 Å². The Morgan fingerprint density at radius 2 is 2.12 bits per heavy atom. The number of pyridine rings is 1. The second kappa shape index (κ2) is 6.77. The number of benzene rings is 1. The molecule has 0 bridgehead atoms. The number of anilines is 2. The van der Waals surface area contributed by atoms with Crippen LogP contribution in [0.3, 0.4) is 0 Å². The van der Waals surface area contributed by atoms with Crippen molar-refractivity contribution in [3.63, 3.8) is 0 Å². The van der Waals surface area contributed by atoms with Crippen molar-refractivity contribution in [1.82, 2.24) is 9.88 Å². The second-order valence-electron chi connectivity index (χ2n) is 6.05. The van der Waals surface area contributed by atoms with Gasteiger partial charge in [0.25, 0.3) is 0 Å². The van der Waals surface area contributed by atoms with E-state index in [2.05, 4.69) is 21.8 Å². The van der Waals surface area contributed by atoms with Gasteiger partial charge < -0.3 is 20.3 Å². The van der Waals surface area contributed by atoms with Gasteiger partial charge in [-0.1, -0.05) is 12.1 Å². The van der Waals surface area contributed by atoms with Crippen LogP contribution in [-0.2, 0) is 4.79 Å². The molecule has 1 atom stereocenters. The maximum absolute atomic E-state index is 13.1. The van der Waals surface area contributed by atoms with Crippen molar-refractivity contribution < 1.29 is 9.18 Å². The summed E-state index contributed by atoms with van der Waals surface area (Å²) in [5.41, 5.74) is 1.57. The minimum Gasteiger partial charge on any atom is -0.385 e. The minimum atomic E-state index is -0.828. The SMILES string of the molecule is CNc1cc(-c2ccc(F)cc2)cnc1N[C@@]1(C=O)CCN(C#N)C1. The van der Waals surface area contributed by atoms with Gasteiger partial charge in [-0.25, -0.2) is 9.37 Å². The first-order valence-electron chi connectivity index (χ1n) is 7.92. The molecule has 2 aromatic rings. The smallest absolute Gasteiger partial charge is 0.179 e. The first-order valence-corrected chi connectivity index (χ1v) is 7.92. The Morgan fingerprint density at radius 1 is 1.36 bits per heavy atom. The lowest BCUT2D eigenvalue weighted by Crippen LogP contribution is -2.42. The highest BCUT2D eigenvalue weighted by Crippen LogP contribution is 2.30. The molecule has 7 heteroatoms. The van der Waals surface area contributed by atoms with Crippen molar-refractivity contribution in [2.24, 2.45) is 0 Å². The summed E-state index contributed by atoms with van der Waals surface area (Å²) in [6.45, 7) is 0.850. The van der Waals surface area contributed by atoms with Crippen LogP contribution in [0.2, 0.25) is 0 Å². The van der Waals surface area contributed by atoms with Crippen LogP contribution in [0.25, 0.3) is 11.1 Å². The fraction of sp³-hybridized carbons (Fsp3) is 0.278. The highest BCUT2D eigenvalue weighted by atomic mass is 19.1. The van der Waals surface area contributed by atoms with Crippen LogP contribution in [-0.4, -0.2) is 41.8 Å². The fourth-order valence-corrected chi connectivity index (χ4v) is 2.94. The molecule has 0 spiro atoms. The van der Waals surface area contributed by atoms with Crippen molar-refractivity contribution in [2.75, 3.05) is 30.8 Å². The van der Waals surface area contributed by atoms with Crippen LogP contribution in [0.4, 0.5) is 15.9 Å². The lowest BCUT2D eigenvalue weighted by Gasteiger charge is -2.25. The van der Waals surface area contributed by atoms with E-state index >= 15 is 0 Å². The molecule has 2 N–H and O–H groups in total. The van der Waals surface area contributed by atoms with Gasteiger partial charge in [-0.15, -0.1) is 0 Å². The lowest BCUT2D eigenvalue weighted by atomic mass is 10.0. The zero-order valence-corrected chi connectivity index (χ0v) is 13.8. The first-order chi connectivity index (χ1) is 12.1. The van der Waals surface area contributed by atoms with E-state index in [1.54, 1.807) is 30.3 Å². The van der Waals surface area contributed by atoms with Gasteiger partial charge in [-0.2, -0.15) is 5.26 Å². The number of aldehydes is 1. The van der Waals surface area contributed by atoms with Gasteiger partial charge in [-0.3, -0.25) is 0 Å². The standard InChI is InChI=1S/C18H18FN5O/c1-21-16-8-14(13-2-4-15(19)5-3-13)9-22-17(16)23-18(11-25)6-7-24(10-18)12-20/h2-5,8-9,11,21H,6-7,10H2,1H3,(H,22,23)/t18-/m0/s1. The molecule has 1 aromatic carbocycles. The number of aromatic nitrogens is 1. The highest BCUT2D eigenvalue weighted by Gasteiger charge is 2.38. The number of halogens is 1. The molecule has 1 aliphatic rings. The molecule has 0 radical (unpaired) electrons. The number of nitrogens with zero attached hydrogens (tertiary/aromatic N) is 3. The third-order valence-corrected chi connectivity index (χ3v) is 4.37. The molecule has 0 amide bonds. The molecule has 6 nitrogen and oxygen atoms in total. The fourth-order valence-electron chi connectivity index (χ4n) is 2.94. The zero-order chi connectivity index (χ0) is 17.9. The Morgan fingerprint density at radius 3 is 2.72 bits per heavy atom. The van der Waals surface area contributed by atoms with Crippen molar-refractivity contribution >= 4 is 17.8 Å². The number of nitrogens with one attached hydrogen (secondary N) is 2. The lowest BCUT2D eigenvalue weighted by molar-refractivity contribution is -0.111. The van der Waals surface area contributed by atoms with E-state index in [0.29, 0.717) is 25.3 Å². The van der Waals surface area contributed by atoms with Gasteiger partial charge in [0.05, 0.1) is 12.2 Å². The summed E-state index contributed by atoms with van der Waals surface area (Å²) < 4.78 is 13.1. The summed E-state index contributed by atoms with van der Waals surface area (Å²) in [7, 11) is 1.76. The second-order valence-corrected chi connectivity index (χ2v) is 6.05. The largest absolute Gasteiger partial charge is 0.385 e. The van der Waals surface area contributed by atoms with E-state index in [0.717, 1.165) is 23.1 Å². The van der Waals surface area contributed by atoms with E-state index < -0.39 is 5.54 Å². The zero-order valence-electron chi connectivity index (χ0n) is 13.8. The van der Waals surface area contributed by atoms with E-state index in [1.807, 2.05) is 6.07 Å². The van der Waals surface area contributed by atoms with Gasteiger partial charge in [0.1, 0.15) is 23.5 Å². The molecule has 1 fully saturated rings. The molecule has 0 saturated carbocycles. The summed E-state index contributed by atoms with van der Waals surface area (Å²) in [6, 6.07) is 8.06. The summed E-state index contributed by atoms with van der Waals surface area (Å²) in [4.78, 5) is 17.6. The molecule has 25 heavy (non-hydrogen) atoms. The number of nitriles is 1. The molecule has 0 aliphatic carbocycles. The van der Waals surface area contributed by atoms with Crippen molar-refractivity contribution in [3.05, 3.63) is 42.3 Å².